The van der Waals surface area contributed by atoms with Crippen molar-refractivity contribution >= 4 is 11.6 Å². The quantitative estimate of drug-likeness (QED) is 0.686. The van der Waals surface area contributed by atoms with Crippen molar-refractivity contribution in [2.24, 2.45) is 0 Å². The third kappa shape index (κ3) is 1.10. The Morgan fingerprint density at radius 3 is 2.82 bits per heavy atom. The zero-order chi connectivity index (χ0) is 11.5. The van der Waals surface area contributed by atoms with Crippen LogP contribution < -0.4 is 4.74 Å². The summed E-state index contributed by atoms with van der Waals surface area (Å²) in [6, 6.07) is 14.5. The Hall–Kier alpha value is -1.47. The molecule has 0 bridgehead atoms. The predicted molar refractivity (Wildman–Crippen MR) is 67.9 cm³/mol. The zero-order valence-corrected chi connectivity index (χ0v) is 10.00. The number of fused-ring (bicyclic) bond motifs is 4. The molecule has 0 unspecified atom stereocenters. The van der Waals surface area contributed by atoms with Crippen LogP contribution in [0.3, 0.4) is 0 Å². The van der Waals surface area contributed by atoms with Gasteiger partial charge in [-0.1, -0.05) is 35.9 Å². The molecule has 4 rings (SSSR count). The van der Waals surface area contributed by atoms with E-state index in [9.17, 15) is 0 Å². The first kappa shape index (κ1) is 9.55. The third-order valence-corrected chi connectivity index (χ3v) is 4.19. The summed E-state index contributed by atoms with van der Waals surface area (Å²) in [4.78, 5) is 0. The topological polar surface area (TPSA) is 9.23 Å². The standard InChI is InChI=1S/C15H11ClO/c16-11-5-6-14-13(7-11)15(9-17-14)8-10-3-1-2-4-12(10)15/h1-7H,8-9H2/t15-/m0/s1. The molecule has 0 amide bonds. The first-order chi connectivity index (χ1) is 8.29. The molecule has 1 aliphatic heterocycles. The third-order valence-electron chi connectivity index (χ3n) is 3.96. The molecule has 17 heavy (non-hydrogen) atoms. The van der Waals surface area contributed by atoms with E-state index >= 15 is 0 Å². The van der Waals surface area contributed by atoms with E-state index in [0.29, 0.717) is 0 Å². The fourth-order valence-electron chi connectivity index (χ4n) is 3.10. The molecule has 0 radical (unpaired) electrons. The number of ether oxygens (including phenoxy) is 1. The van der Waals surface area contributed by atoms with E-state index in [1.807, 2.05) is 12.1 Å². The summed E-state index contributed by atoms with van der Waals surface area (Å²) in [5.41, 5.74) is 4.16. The normalized spacial score (nSPS) is 23.8. The lowest BCUT2D eigenvalue weighted by molar-refractivity contribution is 0.273. The summed E-state index contributed by atoms with van der Waals surface area (Å²) in [6.45, 7) is 0.750. The summed E-state index contributed by atoms with van der Waals surface area (Å²) < 4.78 is 5.81. The van der Waals surface area contributed by atoms with Crippen LogP contribution in [-0.4, -0.2) is 6.61 Å². The molecule has 0 fully saturated rings. The van der Waals surface area contributed by atoms with E-state index in [-0.39, 0.29) is 5.41 Å². The van der Waals surface area contributed by atoms with Gasteiger partial charge in [-0.15, -0.1) is 0 Å². The molecule has 1 aliphatic carbocycles. The molecule has 2 aromatic carbocycles. The molecule has 2 heteroatoms. The summed E-state index contributed by atoms with van der Waals surface area (Å²) in [5, 5.41) is 0.790. The summed E-state index contributed by atoms with van der Waals surface area (Å²) in [7, 11) is 0. The van der Waals surface area contributed by atoms with Gasteiger partial charge in [0, 0.05) is 10.6 Å². The average Bonchev–Trinajstić information content (AvgIpc) is 2.69. The Labute approximate surface area is 105 Å². The predicted octanol–water partition coefficient (Wildman–Crippen LogP) is 3.57. The molecule has 0 N–H and O–H groups in total. The van der Waals surface area contributed by atoms with Gasteiger partial charge in [-0.05, 0) is 35.7 Å². The van der Waals surface area contributed by atoms with Gasteiger partial charge >= 0.3 is 0 Å². The van der Waals surface area contributed by atoms with Crippen molar-refractivity contribution in [3.8, 4) is 5.75 Å². The molecule has 0 saturated carbocycles. The van der Waals surface area contributed by atoms with Crippen LogP contribution in [0.1, 0.15) is 16.7 Å². The second-order valence-electron chi connectivity index (χ2n) is 4.85. The maximum absolute atomic E-state index is 6.10. The molecular formula is C15H11ClO. The number of hydrogen-bond acceptors (Lipinski definition) is 1. The lowest BCUT2D eigenvalue weighted by Crippen LogP contribution is -2.41. The monoisotopic (exact) mass is 242 g/mol. The maximum atomic E-state index is 6.10. The molecule has 0 saturated heterocycles. The van der Waals surface area contributed by atoms with Crippen molar-refractivity contribution in [3.05, 3.63) is 64.2 Å². The molecule has 1 spiro atoms. The van der Waals surface area contributed by atoms with Crippen molar-refractivity contribution in [1.82, 2.24) is 0 Å². The fourth-order valence-corrected chi connectivity index (χ4v) is 3.28. The molecule has 1 nitrogen and oxygen atoms in total. The van der Waals surface area contributed by atoms with E-state index in [4.69, 9.17) is 16.3 Å². The second kappa shape index (κ2) is 3.05. The lowest BCUT2D eigenvalue weighted by Gasteiger charge is -2.40. The van der Waals surface area contributed by atoms with Crippen molar-refractivity contribution in [2.75, 3.05) is 6.61 Å². The van der Waals surface area contributed by atoms with Gasteiger partial charge < -0.3 is 4.74 Å². The van der Waals surface area contributed by atoms with Crippen LogP contribution >= 0.6 is 11.6 Å². The van der Waals surface area contributed by atoms with Crippen molar-refractivity contribution in [1.29, 1.82) is 0 Å². The van der Waals surface area contributed by atoms with E-state index in [0.717, 1.165) is 23.8 Å². The van der Waals surface area contributed by atoms with Crippen molar-refractivity contribution < 1.29 is 4.74 Å². The van der Waals surface area contributed by atoms with E-state index in [2.05, 4.69) is 30.3 Å². The molecule has 1 atom stereocenters. The molecule has 2 aliphatic rings. The van der Waals surface area contributed by atoms with Crippen molar-refractivity contribution in [2.45, 2.75) is 11.8 Å². The van der Waals surface area contributed by atoms with Gasteiger partial charge in [0.05, 0.1) is 5.41 Å². The van der Waals surface area contributed by atoms with Crippen LogP contribution in [0, 0.1) is 0 Å². The van der Waals surface area contributed by atoms with Gasteiger partial charge in [0.25, 0.3) is 0 Å². The zero-order valence-electron chi connectivity index (χ0n) is 9.24. The van der Waals surface area contributed by atoms with E-state index < -0.39 is 0 Å². The van der Waals surface area contributed by atoms with Crippen LogP contribution in [0.25, 0.3) is 0 Å². The smallest absolute Gasteiger partial charge is 0.123 e. The van der Waals surface area contributed by atoms with Gasteiger partial charge in [-0.25, -0.2) is 0 Å². The number of halogens is 1. The average molecular weight is 243 g/mol. The highest BCUT2D eigenvalue weighted by molar-refractivity contribution is 6.30. The summed E-state index contributed by atoms with van der Waals surface area (Å²) >= 11 is 6.10. The minimum Gasteiger partial charge on any atom is -0.492 e. The molecule has 0 aromatic heterocycles. The Morgan fingerprint density at radius 2 is 1.94 bits per heavy atom. The van der Waals surface area contributed by atoms with Crippen molar-refractivity contribution in [3.63, 3.8) is 0 Å². The summed E-state index contributed by atoms with van der Waals surface area (Å²) in [6.07, 6.45) is 1.07. The van der Waals surface area contributed by atoms with Gasteiger partial charge in [0.2, 0.25) is 0 Å². The highest BCUT2D eigenvalue weighted by atomic mass is 35.5. The van der Waals surface area contributed by atoms with Crippen LogP contribution in [-0.2, 0) is 11.8 Å². The highest BCUT2D eigenvalue weighted by Gasteiger charge is 2.49. The molecule has 84 valence electrons. The van der Waals surface area contributed by atoms with E-state index in [1.54, 1.807) is 0 Å². The van der Waals surface area contributed by atoms with Crippen LogP contribution in [0.2, 0.25) is 5.02 Å². The first-order valence-electron chi connectivity index (χ1n) is 5.81. The highest BCUT2D eigenvalue weighted by Crippen LogP contribution is 2.53. The van der Waals surface area contributed by atoms with Crippen LogP contribution in [0.5, 0.6) is 5.75 Å². The largest absolute Gasteiger partial charge is 0.492 e. The molecular weight excluding hydrogens is 232 g/mol. The van der Waals surface area contributed by atoms with E-state index in [1.165, 1.54) is 16.7 Å². The Kier molecular flexibility index (Phi) is 1.71. The minimum absolute atomic E-state index is 0.0663. The molecule has 1 heterocycles. The number of rotatable bonds is 0. The van der Waals surface area contributed by atoms with Crippen LogP contribution in [0.4, 0.5) is 0 Å². The van der Waals surface area contributed by atoms with Crippen LogP contribution in [0.15, 0.2) is 42.5 Å². The van der Waals surface area contributed by atoms with Gasteiger partial charge in [-0.2, -0.15) is 0 Å². The molecule has 2 aromatic rings. The Morgan fingerprint density at radius 1 is 1.06 bits per heavy atom. The first-order valence-corrected chi connectivity index (χ1v) is 6.19. The summed E-state index contributed by atoms with van der Waals surface area (Å²) in [5.74, 6) is 0.990. The van der Waals surface area contributed by atoms with Gasteiger partial charge in [0.1, 0.15) is 12.4 Å². The fraction of sp³-hybridized carbons (Fsp3) is 0.200. The number of hydrogen-bond donors (Lipinski definition) is 0. The minimum atomic E-state index is 0.0663. The second-order valence-corrected chi connectivity index (χ2v) is 5.28. The Balaban J connectivity index is 1.94. The number of benzene rings is 2. The Bertz CT molecular complexity index is 620. The lowest BCUT2D eigenvalue weighted by atomic mass is 9.61. The van der Waals surface area contributed by atoms with Gasteiger partial charge in [-0.3, -0.25) is 0 Å². The maximum Gasteiger partial charge on any atom is 0.123 e. The SMILES string of the molecule is Clc1ccc2c(c1)[C@]1(CO2)Cc2ccccc21. The van der Waals surface area contributed by atoms with Gasteiger partial charge in [0.15, 0.2) is 0 Å².